The lowest BCUT2D eigenvalue weighted by Crippen LogP contribution is -2.49. The topological polar surface area (TPSA) is 64.1 Å². The summed E-state index contributed by atoms with van der Waals surface area (Å²) < 4.78 is 4.17. The van der Waals surface area contributed by atoms with Gasteiger partial charge in [0.15, 0.2) is 0 Å². The van der Waals surface area contributed by atoms with Crippen molar-refractivity contribution >= 4 is 83.9 Å². The number of anilines is 2. The molecule has 1 N–H and O–H groups in total. The fraction of sp³-hybridized carbons (Fsp3) is 0.188. The largest absolute Gasteiger partial charge is 0.477 e. The smallest absolute Gasteiger partial charge is 0.345 e. The van der Waals surface area contributed by atoms with Gasteiger partial charge in [-0.3, -0.25) is 4.79 Å². The number of benzene rings is 3. The molecule has 6 nitrogen and oxygen atoms in total. The maximum atomic E-state index is 13.1. The summed E-state index contributed by atoms with van der Waals surface area (Å²) in [4.78, 5) is 31.1. The lowest BCUT2D eigenvalue weighted by molar-refractivity contribution is 0.0700. The van der Waals surface area contributed by atoms with Crippen molar-refractivity contribution in [2.45, 2.75) is 11.3 Å². The highest BCUT2D eigenvalue weighted by Crippen LogP contribution is 2.39. The lowest BCUT2D eigenvalue weighted by Gasteiger charge is -2.38. The van der Waals surface area contributed by atoms with E-state index in [-0.39, 0.29) is 5.91 Å². The molecule has 3 aromatic carbocycles. The Morgan fingerprint density at radius 2 is 1.69 bits per heavy atom. The molecular formula is C32H28BrN3O3S3. The Kier molecular flexibility index (Phi) is 8.85. The highest BCUT2D eigenvalue weighted by molar-refractivity contribution is 9.10. The van der Waals surface area contributed by atoms with Crippen molar-refractivity contribution in [1.29, 1.82) is 0 Å². The predicted molar refractivity (Wildman–Crippen MR) is 179 cm³/mol. The van der Waals surface area contributed by atoms with Gasteiger partial charge in [0.1, 0.15) is 9.75 Å². The number of piperazine rings is 1. The standard InChI is InChI=1S/C32H28BrN3O3S3/c33-25-13-19-40-30(25)31(37)35-17-15-34(16-18-35)26-8-4-5-9-27(26)36(14-12-22-6-2-1-3-7-22)42-24-10-11-28-23(20-24)21-29(41-28)32(38)39/h1-11,13,19-21H,12,14-18H2,(H,38,39). The minimum atomic E-state index is -0.895. The summed E-state index contributed by atoms with van der Waals surface area (Å²) in [7, 11) is 0. The zero-order valence-corrected chi connectivity index (χ0v) is 26.6. The Morgan fingerprint density at radius 3 is 2.43 bits per heavy atom. The van der Waals surface area contributed by atoms with Crippen molar-refractivity contribution in [3.05, 3.63) is 110 Å². The molecule has 1 saturated heterocycles. The number of nitrogens with zero attached hydrogens (tertiary/aromatic N) is 3. The van der Waals surface area contributed by atoms with Crippen LogP contribution in [-0.2, 0) is 6.42 Å². The Balaban J connectivity index is 1.25. The third-order valence-corrected chi connectivity index (χ3v) is 11.2. The molecule has 10 heteroatoms. The summed E-state index contributed by atoms with van der Waals surface area (Å²) in [5.41, 5.74) is 3.54. The molecule has 0 aliphatic carbocycles. The van der Waals surface area contributed by atoms with Gasteiger partial charge in [0.05, 0.1) is 11.4 Å². The monoisotopic (exact) mass is 677 g/mol. The zero-order valence-electron chi connectivity index (χ0n) is 22.6. The van der Waals surface area contributed by atoms with Crippen molar-refractivity contribution in [1.82, 2.24) is 4.90 Å². The lowest BCUT2D eigenvalue weighted by atomic mass is 10.1. The van der Waals surface area contributed by atoms with Gasteiger partial charge in [-0.05, 0) is 93.1 Å². The van der Waals surface area contributed by atoms with E-state index in [1.807, 2.05) is 28.5 Å². The van der Waals surface area contributed by atoms with E-state index >= 15 is 0 Å². The van der Waals surface area contributed by atoms with Crippen LogP contribution >= 0.6 is 50.6 Å². The van der Waals surface area contributed by atoms with E-state index in [4.69, 9.17) is 0 Å². The quantitative estimate of drug-likeness (QED) is 0.159. The van der Waals surface area contributed by atoms with Crippen LogP contribution in [0, 0.1) is 0 Å². The summed E-state index contributed by atoms with van der Waals surface area (Å²) >= 11 is 7.95. The highest BCUT2D eigenvalue weighted by atomic mass is 79.9. The van der Waals surface area contributed by atoms with Gasteiger partial charge in [-0.2, -0.15) is 0 Å². The van der Waals surface area contributed by atoms with Crippen LogP contribution in [0.25, 0.3) is 10.1 Å². The predicted octanol–water partition coefficient (Wildman–Crippen LogP) is 8.14. The van der Waals surface area contributed by atoms with Crippen molar-refractivity contribution in [3.8, 4) is 0 Å². The number of carbonyl (C=O) groups excluding carboxylic acids is 1. The second-order valence-electron chi connectivity index (χ2n) is 9.91. The number of halogens is 1. The maximum Gasteiger partial charge on any atom is 0.345 e. The first-order valence-corrected chi connectivity index (χ1v) is 16.8. The summed E-state index contributed by atoms with van der Waals surface area (Å²) in [6, 6.07) is 28.8. The Bertz CT molecular complexity index is 1710. The van der Waals surface area contributed by atoms with Crippen molar-refractivity contribution in [2.24, 2.45) is 0 Å². The second-order valence-corrected chi connectivity index (χ2v) is 13.9. The van der Waals surface area contributed by atoms with Gasteiger partial charge in [-0.15, -0.1) is 22.7 Å². The Labute approximate surface area is 265 Å². The van der Waals surface area contributed by atoms with Crippen molar-refractivity contribution in [3.63, 3.8) is 0 Å². The van der Waals surface area contributed by atoms with Crippen molar-refractivity contribution < 1.29 is 14.7 Å². The molecule has 3 heterocycles. The molecule has 5 aromatic rings. The molecule has 0 saturated carbocycles. The van der Waals surface area contributed by atoms with Crippen LogP contribution < -0.4 is 9.21 Å². The number of hydrogen-bond acceptors (Lipinski definition) is 7. The van der Waals surface area contributed by atoms with Gasteiger partial charge in [-0.1, -0.05) is 42.5 Å². The molecule has 2 aromatic heterocycles. The molecule has 1 aliphatic heterocycles. The minimum Gasteiger partial charge on any atom is -0.477 e. The summed E-state index contributed by atoms with van der Waals surface area (Å²) in [5.74, 6) is -0.812. The highest BCUT2D eigenvalue weighted by Gasteiger charge is 2.26. The average Bonchev–Trinajstić information content (AvgIpc) is 3.65. The summed E-state index contributed by atoms with van der Waals surface area (Å²) in [6.07, 6.45) is 0.879. The van der Waals surface area contributed by atoms with Crippen LogP contribution in [0.4, 0.5) is 11.4 Å². The van der Waals surface area contributed by atoms with E-state index in [2.05, 4.69) is 85.8 Å². The first-order chi connectivity index (χ1) is 20.5. The molecule has 0 atom stereocenters. The van der Waals surface area contributed by atoms with Crippen LogP contribution in [0.15, 0.2) is 99.7 Å². The van der Waals surface area contributed by atoms with Gasteiger partial charge >= 0.3 is 5.97 Å². The third kappa shape index (κ3) is 6.36. The first kappa shape index (κ1) is 28.8. The maximum absolute atomic E-state index is 13.1. The molecular weight excluding hydrogens is 650 g/mol. The molecule has 0 unspecified atom stereocenters. The number of thiophene rings is 2. The van der Waals surface area contributed by atoms with Crippen LogP contribution in [-0.4, -0.2) is 54.6 Å². The number of carbonyl (C=O) groups is 2. The zero-order chi connectivity index (χ0) is 29.1. The first-order valence-electron chi connectivity index (χ1n) is 13.6. The van der Waals surface area contributed by atoms with Crippen LogP contribution in [0.2, 0.25) is 0 Å². The molecule has 1 aliphatic rings. The minimum absolute atomic E-state index is 0.0831. The number of rotatable bonds is 9. The van der Waals surface area contributed by atoms with E-state index < -0.39 is 5.97 Å². The third-order valence-electron chi connectivity index (χ3n) is 7.23. The fourth-order valence-corrected chi connectivity index (χ4v) is 8.47. The SMILES string of the molecule is O=C(O)c1cc2cc(SN(CCc3ccccc3)c3ccccc3N3CCN(C(=O)c4sccc4Br)CC3)ccc2s1. The summed E-state index contributed by atoms with van der Waals surface area (Å²) in [5, 5.41) is 12.3. The number of amides is 1. The molecule has 0 bridgehead atoms. The average molecular weight is 679 g/mol. The second kappa shape index (κ2) is 12.9. The van der Waals surface area contributed by atoms with E-state index in [1.165, 1.54) is 28.2 Å². The molecule has 1 fully saturated rings. The van der Waals surface area contributed by atoms with E-state index in [0.717, 1.165) is 61.8 Å². The van der Waals surface area contributed by atoms with E-state index in [9.17, 15) is 14.7 Å². The number of carboxylic acids is 1. The molecule has 214 valence electrons. The van der Waals surface area contributed by atoms with Gasteiger partial charge in [-0.25, -0.2) is 4.79 Å². The molecule has 42 heavy (non-hydrogen) atoms. The number of hydrogen-bond donors (Lipinski definition) is 1. The Hall–Kier alpha value is -3.31. The van der Waals surface area contributed by atoms with Gasteiger partial charge in [0, 0.05) is 46.8 Å². The molecule has 1 amide bonds. The van der Waals surface area contributed by atoms with Gasteiger partial charge in [0.2, 0.25) is 0 Å². The fourth-order valence-electron chi connectivity index (χ4n) is 5.08. The van der Waals surface area contributed by atoms with Crippen LogP contribution in [0.5, 0.6) is 0 Å². The van der Waals surface area contributed by atoms with Crippen LogP contribution in [0.3, 0.4) is 0 Å². The molecule has 0 radical (unpaired) electrons. The normalized spacial score (nSPS) is 13.5. The number of para-hydroxylation sites is 2. The Morgan fingerprint density at radius 1 is 0.929 bits per heavy atom. The summed E-state index contributed by atoms with van der Waals surface area (Å²) in [6.45, 7) is 3.62. The van der Waals surface area contributed by atoms with E-state index in [1.54, 1.807) is 18.0 Å². The molecule has 0 spiro atoms. The van der Waals surface area contributed by atoms with Crippen molar-refractivity contribution in [2.75, 3.05) is 41.9 Å². The van der Waals surface area contributed by atoms with Gasteiger partial charge < -0.3 is 19.2 Å². The van der Waals surface area contributed by atoms with Gasteiger partial charge in [0.25, 0.3) is 5.91 Å². The number of aromatic carboxylic acids is 1. The molecule has 6 rings (SSSR count). The number of fused-ring (bicyclic) bond motifs is 1. The van der Waals surface area contributed by atoms with Crippen LogP contribution in [0.1, 0.15) is 24.9 Å². The van der Waals surface area contributed by atoms with E-state index in [0.29, 0.717) is 18.0 Å². The number of carboxylic acid groups (broad SMARTS) is 1.